The number of hydrogen-bond donors (Lipinski definition) is 0. The first kappa shape index (κ1) is 24.4. The van der Waals surface area contributed by atoms with Crippen LogP contribution in [0.15, 0.2) is 29.4 Å². The zero-order valence-electron chi connectivity index (χ0n) is 20.0. The maximum absolute atomic E-state index is 12.5. The molecule has 3 rings (SSSR count). The van der Waals surface area contributed by atoms with Gasteiger partial charge in [0.1, 0.15) is 17.7 Å². The lowest BCUT2D eigenvalue weighted by molar-refractivity contribution is -0.155. The highest BCUT2D eigenvalue weighted by molar-refractivity contribution is 7.99. The fraction of sp³-hybridized carbons (Fsp3) is 0.625. The van der Waals surface area contributed by atoms with Gasteiger partial charge in [-0.25, -0.2) is 9.78 Å². The van der Waals surface area contributed by atoms with Crippen LogP contribution in [0.2, 0.25) is 0 Å². The van der Waals surface area contributed by atoms with Crippen molar-refractivity contribution < 1.29 is 19.1 Å². The minimum atomic E-state index is -0.533. The molecule has 2 aromatic rings. The highest BCUT2D eigenvalue weighted by atomic mass is 32.2. The van der Waals surface area contributed by atoms with Gasteiger partial charge in [-0.15, -0.1) is 0 Å². The monoisotopic (exact) mass is 461 g/mol. The number of imidazole rings is 1. The molecule has 0 atom stereocenters. The second-order valence-corrected chi connectivity index (χ2v) is 11.2. The van der Waals surface area contributed by atoms with Gasteiger partial charge in [-0.3, -0.25) is 4.79 Å². The number of ether oxygens (including phenoxy) is 2. The molecule has 1 aliphatic carbocycles. The lowest BCUT2D eigenvalue weighted by Crippen LogP contribution is -2.39. The molecule has 0 radical (unpaired) electrons. The minimum absolute atomic E-state index is 0.117. The van der Waals surface area contributed by atoms with E-state index in [1.165, 1.54) is 0 Å². The van der Waals surface area contributed by atoms with Crippen LogP contribution in [0.1, 0.15) is 60.8 Å². The number of carbonyl (C=O) groups excluding carboxylic acids is 2. The molecule has 0 spiro atoms. The van der Waals surface area contributed by atoms with E-state index < -0.39 is 11.2 Å². The van der Waals surface area contributed by atoms with Crippen molar-refractivity contribution in [2.75, 3.05) is 12.3 Å². The number of esters is 1. The van der Waals surface area contributed by atoms with Crippen LogP contribution < -0.4 is 0 Å². The summed E-state index contributed by atoms with van der Waals surface area (Å²) in [5, 5.41) is 0.785. The van der Waals surface area contributed by atoms with Gasteiger partial charge in [-0.1, -0.05) is 23.9 Å². The number of nitrogens with zero attached hydrogens (tertiary/aromatic N) is 3. The molecule has 1 saturated carbocycles. The SMILES string of the molecule is CC(C)(C)OC(=O)Cn1c(SCCCN(C(=O)OC(C)(C)C)C2CC2)nc2ccccc21. The smallest absolute Gasteiger partial charge is 0.410 e. The number of carbonyl (C=O) groups is 2. The quantitative estimate of drug-likeness (QED) is 0.303. The third kappa shape index (κ3) is 7.15. The zero-order valence-corrected chi connectivity index (χ0v) is 20.8. The summed E-state index contributed by atoms with van der Waals surface area (Å²) in [4.78, 5) is 31.6. The standard InChI is InChI=1S/C24H35N3O4S/c1-23(2,3)30-20(28)16-27-19-11-8-7-10-18(19)25-21(27)32-15-9-14-26(17-12-13-17)22(29)31-24(4,5)6/h7-8,10-11,17H,9,12-16H2,1-6H3. The van der Waals surface area contributed by atoms with E-state index in [0.717, 1.165) is 41.2 Å². The van der Waals surface area contributed by atoms with Crippen molar-refractivity contribution in [1.29, 1.82) is 0 Å². The Labute approximate surface area is 194 Å². The van der Waals surface area contributed by atoms with Crippen LogP contribution in [0.3, 0.4) is 0 Å². The molecule has 1 aromatic heterocycles. The number of hydrogen-bond acceptors (Lipinski definition) is 6. The number of rotatable bonds is 8. The minimum Gasteiger partial charge on any atom is -0.459 e. The highest BCUT2D eigenvalue weighted by Gasteiger charge is 2.34. The maximum atomic E-state index is 12.5. The van der Waals surface area contributed by atoms with E-state index in [9.17, 15) is 9.59 Å². The first-order valence-electron chi connectivity index (χ1n) is 11.2. The van der Waals surface area contributed by atoms with Crippen molar-refractivity contribution in [1.82, 2.24) is 14.5 Å². The molecule has 1 aromatic carbocycles. The number of amides is 1. The summed E-state index contributed by atoms with van der Waals surface area (Å²) in [6.07, 6.45) is 2.66. The lowest BCUT2D eigenvalue weighted by Gasteiger charge is -2.27. The van der Waals surface area contributed by atoms with E-state index in [4.69, 9.17) is 14.5 Å². The molecule has 1 aliphatic rings. The van der Waals surface area contributed by atoms with Crippen molar-refractivity contribution in [3.8, 4) is 0 Å². The largest absolute Gasteiger partial charge is 0.459 e. The number of aromatic nitrogens is 2. The summed E-state index contributed by atoms with van der Waals surface area (Å²) in [6, 6.07) is 8.09. The van der Waals surface area contributed by atoms with E-state index in [0.29, 0.717) is 12.6 Å². The van der Waals surface area contributed by atoms with Gasteiger partial charge in [0.15, 0.2) is 5.16 Å². The predicted molar refractivity (Wildman–Crippen MR) is 127 cm³/mol. The summed E-state index contributed by atoms with van der Waals surface area (Å²) in [7, 11) is 0. The van der Waals surface area contributed by atoms with Gasteiger partial charge < -0.3 is 18.9 Å². The Morgan fingerprint density at radius 3 is 2.38 bits per heavy atom. The fourth-order valence-corrected chi connectivity index (χ4v) is 4.28. The van der Waals surface area contributed by atoms with Gasteiger partial charge in [-0.2, -0.15) is 0 Å². The van der Waals surface area contributed by atoms with Crippen LogP contribution in [0.4, 0.5) is 4.79 Å². The van der Waals surface area contributed by atoms with Crippen LogP contribution in [0.5, 0.6) is 0 Å². The summed E-state index contributed by atoms with van der Waals surface area (Å²) >= 11 is 1.60. The predicted octanol–water partition coefficient (Wildman–Crippen LogP) is 5.26. The van der Waals surface area contributed by atoms with Gasteiger partial charge in [0.05, 0.1) is 11.0 Å². The first-order valence-corrected chi connectivity index (χ1v) is 12.2. The Morgan fingerprint density at radius 1 is 1.09 bits per heavy atom. The van der Waals surface area contributed by atoms with Crippen LogP contribution in [-0.2, 0) is 20.8 Å². The molecule has 8 heteroatoms. The molecule has 7 nitrogen and oxygen atoms in total. The topological polar surface area (TPSA) is 73.7 Å². The Balaban J connectivity index is 1.63. The molecule has 32 heavy (non-hydrogen) atoms. The summed E-state index contributed by atoms with van der Waals surface area (Å²) in [5.74, 6) is 0.497. The summed E-state index contributed by atoms with van der Waals surface area (Å²) < 4.78 is 13.0. The fourth-order valence-electron chi connectivity index (χ4n) is 3.35. The van der Waals surface area contributed by atoms with Gasteiger partial charge in [0.25, 0.3) is 0 Å². The first-order chi connectivity index (χ1) is 14.9. The van der Waals surface area contributed by atoms with Crippen molar-refractivity contribution in [3.63, 3.8) is 0 Å². The third-order valence-electron chi connectivity index (χ3n) is 4.72. The van der Waals surface area contributed by atoms with E-state index >= 15 is 0 Å². The van der Waals surface area contributed by atoms with Gasteiger partial charge >= 0.3 is 12.1 Å². The Kier molecular flexibility index (Phi) is 7.43. The number of para-hydroxylation sites is 2. The number of benzene rings is 1. The highest BCUT2D eigenvalue weighted by Crippen LogP contribution is 2.30. The van der Waals surface area contributed by atoms with Crippen LogP contribution in [0, 0.1) is 0 Å². The molecule has 1 fully saturated rings. The van der Waals surface area contributed by atoms with E-state index in [2.05, 4.69) is 0 Å². The van der Waals surface area contributed by atoms with Crippen molar-refractivity contribution in [3.05, 3.63) is 24.3 Å². The Hall–Kier alpha value is -2.22. The molecule has 1 heterocycles. The van der Waals surface area contributed by atoms with Gasteiger partial charge in [0, 0.05) is 18.3 Å². The Bertz CT molecular complexity index is 954. The number of thioether (sulfide) groups is 1. The normalized spacial score (nSPS) is 14.4. The second kappa shape index (κ2) is 9.73. The third-order valence-corrected chi connectivity index (χ3v) is 5.78. The van der Waals surface area contributed by atoms with E-state index in [1.807, 2.05) is 75.3 Å². The average Bonchev–Trinajstić information content (AvgIpc) is 3.42. The molecule has 0 saturated heterocycles. The molecular formula is C24H35N3O4S. The van der Waals surface area contributed by atoms with Gasteiger partial charge in [-0.05, 0) is 72.9 Å². The van der Waals surface area contributed by atoms with Crippen LogP contribution in [0.25, 0.3) is 11.0 Å². The zero-order chi connectivity index (χ0) is 23.5. The van der Waals surface area contributed by atoms with E-state index in [-0.39, 0.29) is 18.6 Å². The molecular weight excluding hydrogens is 426 g/mol. The summed E-state index contributed by atoms with van der Waals surface area (Å²) in [5.41, 5.74) is 0.737. The summed E-state index contributed by atoms with van der Waals surface area (Å²) in [6.45, 7) is 12.0. The molecule has 0 aliphatic heterocycles. The average molecular weight is 462 g/mol. The second-order valence-electron chi connectivity index (χ2n) is 10.2. The molecule has 1 amide bonds. The number of fused-ring (bicyclic) bond motifs is 1. The van der Waals surface area contributed by atoms with Gasteiger partial charge in [0.2, 0.25) is 0 Å². The lowest BCUT2D eigenvalue weighted by atomic mass is 10.2. The Morgan fingerprint density at radius 2 is 1.75 bits per heavy atom. The molecule has 176 valence electrons. The van der Waals surface area contributed by atoms with Crippen molar-refractivity contribution >= 4 is 34.9 Å². The van der Waals surface area contributed by atoms with Crippen LogP contribution in [-0.4, -0.2) is 56.1 Å². The van der Waals surface area contributed by atoms with E-state index in [1.54, 1.807) is 11.8 Å². The van der Waals surface area contributed by atoms with Crippen molar-refractivity contribution in [2.45, 2.75) is 89.8 Å². The molecule has 0 unspecified atom stereocenters. The molecule has 0 N–H and O–H groups in total. The maximum Gasteiger partial charge on any atom is 0.410 e. The van der Waals surface area contributed by atoms with Crippen molar-refractivity contribution in [2.24, 2.45) is 0 Å². The molecule has 0 bridgehead atoms. The van der Waals surface area contributed by atoms with Crippen LogP contribution >= 0.6 is 11.8 Å².